The number of carbonyl (C=O) groups is 2. The molecular weight excluding hydrogens is 395 g/mol. The molecule has 1 fully saturated rings. The third kappa shape index (κ3) is 3.42. The van der Waals surface area contributed by atoms with Crippen LogP contribution in [0.5, 0.6) is 11.5 Å². The van der Waals surface area contributed by atoms with Gasteiger partial charge in [-0.1, -0.05) is 18.2 Å². The molecule has 2 aliphatic rings. The number of thioether (sulfide) groups is 1. The number of nitrogens with zero attached hydrogens (tertiary/aromatic N) is 1. The fourth-order valence-corrected chi connectivity index (χ4v) is 5.29. The van der Waals surface area contributed by atoms with Crippen molar-refractivity contribution < 1.29 is 23.5 Å². The van der Waals surface area contributed by atoms with Crippen molar-refractivity contribution in [2.45, 2.75) is 17.8 Å². The summed E-state index contributed by atoms with van der Waals surface area (Å²) in [6.07, 6.45) is 0.520. The number of amides is 2. The molecule has 0 unspecified atom stereocenters. The van der Waals surface area contributed by atoms with E-state index in [0.29, 0.717) is 35.8 Å². The molecule has 0 bridgehead atoms. The second-order valence-corrected chi connectivity index (χ2v) is 7.96. The zero-order valence-corrected chi connectivity index (χ0v) is 16.9. The zero-order valence-electron chi connectivity index (χ0n) is 16.1. The number of carbonyl (C=O) groups excluding carboxylic acids is 2. The lowest BCUT2D eigenvalue weighted by Crippen LogP contribution is -2.46. The monoisotopic (exact) mass is 416 g/mol. The van der Waals surface area contributed by atoms with E-state index in [1.54, 1.807) is 28.8 Å². The highest BCUT2D eigenvalue weighted by Crippen LogP contribution is 2.52. The normalized spacial score (nSPS) is 19.7. The molecule has 8 heteroatoms. The molecule has 4 rings (SSSR count). The van der Waals surface area contributed by atoms with E-state index in [4.69, 9.17) is 9.47 Å². The van der Waals surface area contributed by atoms with Gasteiger partial charge in [0.15, 0.2) is 11.5 Å². The maximum atomic E-state index is 13.3. The van der Waals surface area contributed by atoms with Gasteiger partial charge in [0.05, 0.1) is 19.8 Å². The molecule has 152 valence electrons. The van der Waals surface area contributed by atoms with Crippen LogP contribution in [0.3, 0.4) is 0 Å². The van der Waals surface area contributed by atoms with E-state index in [0.717, 1.165) is 11.1 Å². The van der Waals surface area contributed by atoms with Crippen LogP contribution in [0, 0.1) is 5.82 Å². The molecule has 0 aliphatic carbocycles. The molecule has 6 nitrogen and oxygen atoms in total. The number of rotatable bonds is 6. The van der Waals surface area contributed by atoms with Gasteiger partial charge in [0.1, 0.15) is 17.2 Å². The molecule has 29 heavy (non-hydrogen) atoms. The number of fused-ring (bicyclic) bond motifs is 3. The van der Waals surface area contributed by atoms with E-state index in [9.17, 15) is 14.0 Å². The summed E-state index contributed by atoms with van der Waals surface area (Å²) in [6, 6.07) is 9.38. The summed E-state index contributed by atoms with van der Waals surface area (Å²) in [7, 11) is 3.02. The van der Waals surface area contributed by atoms with Crippen molar-refractivity contribution in [1.29, 1.82) is 0 Å². The molecule has 2 heterocycles. The van der Waals surface area contributed by atoms with E-state index < -0.39 is 6.04 Å². The SMILES string of the molecule is COc1ccc2c(c1OC)C(=O)N1[C@@H](C(=O)NCCc3cccc(F)c3)CS[C@H]21. The number of nitrogens with one attached hydrogen (secondary N) is 1. The van der Waals surface area contributed by atoms with E-state index in [-0.39, 0.29) is 23.0 Å². The molecular formula is C21H21FN2O4S. The fourth-order valence-electron chi connectivity index (χ4n) is 3.83. The molecule has 0 spiro atoms. The fraction of sp³-hybridized carbons (Fsp3) is 0.333. The largest absolute Gasteiger partial charge is 0.493 e. The minimum Gasteiger partial charge on any atom is -0.493 e. The van der Waals surface area contributed by atoms with Gasteiger partial charge in [-0.2, -0.15) is 0 Å². The third-order valence-corrected chi connectivity index (χ3v) is 6.50. The van der Waals surface area contributed by atoms with Gasteiger partial charge in [-0.15, -0.1) is 11.8 Å². The molecule has 2 amide bonds. The van der Waals surface area contributed by atoms with Crippen molar-refractivity contribution in [3.63, 3.8) is 0 Å². The van der Waals surface area contributed by atoms with Crippen molar-refractivity contribution in [2.75, 3.05) is 26.5 Å². The van der Waals surface area contributed by atoms with Gasteiger partial charge >= 0.3 is 0 Å². The predicted octanol–water partition coefficient (Wildman–Crippen LogP) is 2.77. The van der Waals surface area contributed by atoms with Gasteiger partial charge in [-0.05, 0) is 30.2 Å². The summed E-state index contributed by atoms with van der Waals surface area (Å²) in [5.41, 5.74) is 2.11. The number of methoxy groups -OCH3 is 2. The Kier molecular flexibility index (Phi) is 5.36. The molecule has 1 saturated heterocycles. The second kappa shape index (κ2) is 7.94. The maximum Gasteiger partial charge on any atom is 0.260 e. The lowest BCUT2D eigenvalue weighted by atomic mass is 10.1. The summed E-state index contributed by atoms with van der Waals surface area (Å²) in [5, 5.41) is 2.67. The molecule has 1 N–H and O–H groups in total. The van der Waals surface area contributed by atoms with Crippen LogP contribution in [-0.4, -0.2) is 49.3 Å². The van der Waals surface area contributed by atoms with Gasteiger partial charge < -0.3 is 19.7 Å². The first kappa shape index (κ1) is 19.6. The maximum absolute atomic E-state index is 13.3. The van der Waals surface area contributed by atoms with Crippen LogP contribution in [0.25, 0.3) is 0 Å². The summed E-state index contributed by atoms with van der Waals surface area (Å²) >= 11 is 1.56. The van der Waals surface area contributed by atoms with E-state index in [1.165, 1.54) is 26.4 Å². The topological polar surface area (TPSA) is 67.9 Å². The highest BCUT2D eigenvalue weighted by atomic mass is 32.2. The molecule has 0 aromatic heterocycles. The Labute approximate surface area is 172 Å². The van der Waals surface area contributed by atoms with Crippen LogP contribution in [-0.2, 0) is 11.2 Å². The summed E-state index contributed by atoms with van der Waals surface area (Å²) in [6.45, 7) is 0.375. The Morgan fingerprint density at radius 3 is 2.83 bits per heavy atom. The summed E-state index contributed by atoms with van der Waals surface area (Å²) in [4.78, 5) is 27.5. The minimum absolute atomic E-state index is 0.205. The van der Waals surface area contributed by atoms with Gasteiger partial charge in [-0.3, -0.25) is 9.59 Å². The van der Waals surface area contributed by atoms with Gasteiger partial charge in [0, 0.05) is 17.9 Å². The highest BCUT2D eigenvalue weighted by Gasteiger charge is 2.50. The van der Waals surface area contributed by atoms with Crippen LogP contribution in [0.4, 0.5) is 4.39 Å². The highest BCUT2D eigenvalue weighted by molar-refractivity contribution is 7.99. The molecule has 0 saturated carbocycles. The first-order chi connectivity index (χ1) is 14.0. The summed E-state index contributed by atoms with van der Waals surface area (Å²) in [5.74, 6) is 0.682. The number of benzene rings is 2. The quantitative estimate of drug-likeness (QED) is 0.784. The van der Waals surface area contributed by atoms with Gasteiger partial charge in [-0.25, -0.2) is 4.39 Å². The Morgan fingerprint density at radius 2 is 2.10 bits per heavy atom. The Balaban J connectivity index is 1.47. The molecule has 2 aromatic carbocycles. The zero-order chi connectivity index (χ0) is 20.5. The van der Waals surface area contributed by atoms with Crippen LogP contribution in [0.1, 0.15) is 26.9 Å². The van der Waals surface area contributed by atoms with Gasteiger partial charge in [0.25, 0.3) is 5.91 Å². The van der Waals surface area contributed by atoms with Crippen LogP contribution < -0.4 is 14.8 Å². The first-order valence-corrected chi connectivity index (χ1v) is 10.3. The van der Waals surface area contributed by atoms with Crippen molar-refractivity contribution in [1.82, 2.24) is 10.2 Å². The number of halogens is 1. The van der Waals surface area contributed by atoms with E-state index in [1.807, 2.05) is 12.1 Å². The number of hydrogen-bond donors (Lipinski definition) is 1. The van der Waals surface area contributed by atoms with Crippen molar-refractivity contribution in [3.8, 4) is 11.5 Å². The van der Waals surface area contributed by atoms with Crippen LogP contribution in [0.2, 0.25) is 0 Å². The lowest BCUT2D eigenvalue weighted by Gasteiger charge is -2.22. The number of hydrogen-bond acceptors (Lipinski definition) is 5. The Hall–Kier alpha value is -2.74. The molecule has 2 aromatic rings. The van der Waals surface area contributed by atoms with E-state index in [2.05, 4.69) is 5.32 Å². The first-order valence-electron chi connectivity index (χ1n) is 9.26. The molecule has 0 radical (unpaired) electrons. The Morgan fingerprint density at radius 1 is 1.28 bits per heavy atom. The van der Waals surface area contributed by atoms with Crippen LogP contribution >= 0.6 is 11.8 Å². The van der Waals surface area contributed by atoms with Gasteiger partial charge in [0.2, 0.25) is 5.91 Å². The molecule has 2 atom stereocenters. The average Bonchev–Trinajstić information content (AvgIpc) is 3.27. The standard InChI is InChI=1S/C21H21FN2O4S/c1-27-16-7-6-14-17(18(16)28-2)20(26)24-15(11-29-21(14)24)19(25)23-9-8-12-4-3-5-13(22)10-12/h3-7,10,15,21H,8-9,11H2,1-2H3,(H,23,25)/t15-,21-/m1/s1. The van der Waals surface area contributed by atoms with Crippen molar-refractivity contribution in [2.24, 2.45) is 0 Å². The van der Waals surface area contributed by atoms with Crippen molar-refractivity contribution in [3.05, 3.63) is 58.9 Å². The average molecular weight is 416 g/mol. The van der Waals surface area contributed by atoms with Crippen LogP contribution in [0.15, 0.2) is 36.4 Å². The number of ether oxygens (including phenoxy) is 2. The molecule has 2 aliphatic heterocycles. The lowest BCUT2D eigenvalue weighted by molar-refractivity contribution is -0.124. The summed E-state index contributed by atoms with van der Waals surface area (Å²) < 4.78 is 24.0. The predicted molar refractivity (Wildman–Crippen MR) is 108 cm³/mol. The van der Waals surface area contributed by atoms with Crippen molar-refractivity contribution >= 4 is 23.6 Å². The third-order valence-electron chi connectivity index (χ3n) is 5.20. The minimum atomic E-state index is -0.562. The smallest absolute Gasteiger partial charge is 0.260 e. The Bertz CT molecular complexity index is 968. The van der Waals surface area contributed by atoms with E-state index >= 15 is 0 Å². The second-order valence-electron chi connectivity index (χ2n) is 6.85.